The van der Waals surface area contributed by atoms with Gasteiger partial charge >= 0.3 is 11.9 Å². The molecule has 0 saturated carbocycles. The predicted molar refractivity (Wildman–Crippen MR) is 102 cm³/mol. The molecule has 0 aliphatic carbocycles. The summed E-state index contributed by atoms with van der Waals surface area (Å²) >= 11 is 1.38. The summed E-state index contributed by atoms with van der Waals surface area (Å²) in [6, 6.07) is 6.97. The van der Waals surface area contributed by atoms with E-state index in [9.17, 15) is 9.59 Å². The van der Waals surface area contributed by atoms with E-state index in [2.05, 4.69) is 10.0 Å². The molecule has 1 fully saturated rings. The first kappa shape index (κ1) is 22.0. The van der Waals surface area contributed by atoms with E-state index in [-0.39, 0.29) is 6.61 Å². The van der Waals surface area contributed by atoms with Crippen molar-refractivity contribution in [2.75, 3.05) is 13.7 Å². The van der Waals surface area contributed by atoms with Crippen molar-refractivity contribution >= 4 is 23.7 Å². The summed E-state index contributed by atoms with van der Waals surface area (Å²) in [5.41, 5.74) is 9.57. The van der Waals surface area contributed by atoms with E-state index in [1.165, 1.54) is 32.7 Å². The van der Waals surface area contributed by atoms with Crippen LogP contribution < -0.4 is 0 Å². The minimum absolute atomic E-state index is 0.147. The second-order valence-corrected chi connectivity index (χ2v) is 7.42. The lowest BCUT2D eigenvalue weighted by molar-refractivity contribution is -0.196. The zero-order valence-electron chi connectivity index (χ0n) is 16.1. The molecule has 0 spiro atoms. The molecule has 0 aromatic heterocycles. The molecule has 152 valence electrons. The monoisotopic (exact) mass is 409 g/mol. The lowest BCUT2D eigenvalue weighted by atomic mass is 9.97. The molecule has 0 bridgehead atoms. The van der Waals surface area contributed by atoms with Crippen molar-refractivity contribution in [3.8, 4) is 0 Å². The number of azide groups is 1. The van der Waals surface area contributed by atoms with E-state index in [4.69, 9.17) is 24.5 Å². The molecule has 1 aromatic carbocycles. The Bertz CT molecular complexity index is 737. The Morgan fingerprint density at radius 2 is 1.89 bits per heavy atom. The van der Waals surface area contributed by atoms with Gasteiger partial charge in [0.2, 0.25) is 0 Å². The van der Waals surface area contributed by atoms with E-state index in [1.54, 1.807) is 0 Å². The fourth-order valence-corrected chi connectivity index (χ4v) is 4.02. The average molecular weight is 409 g/mol. The van der Waals surface area contributed by atoms with E-state index in [0.717, 1.165) is 10.5 Å². The maximum Gasteiger partial charge on any atom is 0.303 e. The van der Waals surface area contributed by atoms with Crippen LogP contribution in [0.3, 0.4) is 0 Å². The van der Waals surface area contributed by atoms with Crippen LogP contribution in [0, 0.1) is 6.92 Å². The zero-order chi connectivity index (χ0) is 20.7. The summed E-state index contributed by atoms with van der Waals surface area (Å²) in [7, 11) is 1.47. The van der Waals surface area contributed by atoms with Crippen molar-refractivity contribution in [1.82, 2.24) is 0 Å². The van der Waals surface area contributed by atoms with E-state index >= 15 is 0 Å². The topological polar surface area (TPSA) is 120 Å². The fourth-order valence-electron chi connectivity index (χ4n) is 2.85. The number of hydrogen-bond acceptors (Lipinski definition) is 8. The molecule has 5 atom stereocenters. The molecule has 9 nitrogen and oxygen atoms in total. The first-order chi connectivity index (χ1) is 13.3. The molecule has 0 radical (unpaired) electrons. The molecule has 0 N–H and O–H groups in total. The van der Waals surface area contributed by atoms with Crippen LogP contribution in [-0.2, 0) is 28.5 Å². The number of methoxy groups -OCH3 is 1. The molecule has 2 rings (SSSR count). The molecule has 10 heteroatoms. The van der Waals surface area contributed by atoms with Crippen LogP contribution in [0.25, 0.3) is 10.4 Å². The summed E-state index contributed by atoms with van der Waals surface area (Å²) in [4.78, 5) is 26.6. The van der Waals surface area contributed by atoms with Gasteiger partial charge in [0.1, 0.15) is 36.4 Å². The third-order valence-corrected chi connectivity index (χ3v) is 5.26. The summed E-state index contributed by atoms with van der Waals surface area (Å²) in [5.74, 6) is -1.07. The number of carbonyl (C=O) groups is 2. The maximum atomic E-state index is 11.6. The first-order valence-electron chi connectivity index (χ1n) is 8.62. The lowest BCUT2D eigenvalue weighted by Crippen LogP contribution is -2.59. The van der Waals surface area contributed by atoms with Gasteiger partial charge in [0, 0.05) is 30.8 Å². The summed E-state index contributed by atoms with van der Waals surface area (Å²) in [6.45, 7) is 4.35. The van der Waals surface area contributed by atoms with Crippen LogP contribution in [0.15, 0.2) is 34.3 Å². The Morgan fingerprint density at radius 3 is 2.43 bits per heavy atom. The minimum atomic E-state index is -0.951. The SMILES string of the molecule is CO[C@@H]1[C@@H](N=[N+]=[N-])[C@@H](OC(C)=O)[C@@H](COC(C)=O)O[C@H]1Sc1ccc(C)cc1. The highest BCUT2D eigenvalue weighted by atomic mass is 32.2. The van der Waals surface area contributed by atoms with Gasteiger partial charge in [-0.2, -0.15) is 0 Å². The normalized spacial score (nSPS) is 26.8. The van der Waals surface area contributed by atoms with Crippen molar-refractivity contribution in [1.29, 1.82) is 0 Å². The van der Waals surface area contributed by atoms with Crippen LogP contribution in [0.5, 0.6) is 0 Å². The predicted octanol–water partition coefficient (Wildman–Crippen LogP) is 3.00. The summed E-state index contributed by atoms with van der Waals surface area (Å²) in [5, 5.41) is 3.80. The maximum absolute atomic E-state index is 11.6. The number of benzene rings is 1. The molecule has 1 aliphatic rings. The van der Waals surface area contributed by atoms with Crippen molar-refractivity contribution in [2.24, 2.45) is 5.11 Å². The highest BCUT2D eigenvalue weighted by molar-refractivity contribution is 7.99. The van der Waals surface area contributed by atoms with Gasteiger partial charge in [0.05, 0.1) is 0 Å². The van der Waals surface area contributed by atoms with Gasteiger partial charge in [0.25, 0.3) is 0 Å². The molecule has 1 aliphatic heterocycles. The van der Waals surface area contributed by atoms with Crippen LogP contribution in [0.4, 0.5) is 0 Å². The smallest absolute Gasteiger partial charge is 0.303 e. The van der Waals surface area contributed by atoms with Crippen molar-refractivity contribution < 1.29 is 28.5 Å². The lowest BCUT2D eigenvalue weighted by Gasteiger charge is -2.43. The molecular formula is C18H23N3O6S. The molecule has 28 heavy (non-hydrogen) atoms. The number of thioether (sulfide) groups is 1. The third kappa shape index (κ3) is 5.87. The number of hydrogen-bond donors (Lipinski definition) is 0. The van der Waals surface area contributed by atoms with E-state index in [1.807, 2.05) is 31.2 Å². The molecular weight excluding hydrogens is 386 g/mol. The van der Waals surface area contributed by atoms with Crippen LogP contribution in [0.2, 0.25) is 0 Å². The number of esters is 2. The minimum Gasteiger partial charge on any atom is -0.463 e. The van der Waals surface area contributed by atoms with Crippen LogP contribution >= 0.6 is 11.8 Å². The van der Waals surface area contributed by atoms with Crippen molar-refractivity contribution in [2.45, 2.75) is 55.5 Å². The van der Waals surface area contributed by atoms with Crippen molar-refractivity contribution in [3.63, 3.8) is 0 Å². The zero-order valence-corrected chi connectivity index (χ0v) is 16.9. The Morgan fingerprint density at radius 1 is 1.21 bits per heavy atom. The van der Waals surface area contributed by atoms with Gasteiger partial charge in [-0.25, -0.2) is 0 Å². The standard InChI is InChI=1S/C18H23N3O6S/c1-10-5-7-13(8-6-10)28-18-17(24-4)15(20-21-19)16(26-12(3)23)14(27-18)9-25-11(2)22/h5-8,14-18H,9H2,1-4H3/t14-,15+,16+,17-,18+/m1/s1. The van der Waals surface area contributed by atoms with Gasteiger partial charge < -0.3 is 18.9 Å². The Kier molecular flexibility index (Phi) is 8.13. The van der Waals surface area contributed by atoms with Gasteiger partial charge in [-0.15, -0.1) is 0 Å². The molecule has 1 aromatic rings. The number of aryl methyl sites for hydroxylation is 1. The van der Waals surface area contributed by atoms with Gasteiger partial charge in [-0.05, 0) is 24.6 Å². The number of ether oxygens (including phenoxy) is 4. The van der Waals surface area contributed by atoms with Gasteiger partial charge in [-0.3, -0.25) is 9.59 Å². The largest absolute Gasteiger partial charge is 0.463 e. The average Bonchev–Trinajstić information content (AvgIpc) is 2.64. The van der Waals surface area contributed by atoms with E-state index in [0.29, 0.717) is 0 Å². The Balaban J connectivity index is 2.33. The van der Waals surface area contributed by atoms with Crippen molar-refractivity contribution in [3.05, 3.63) is 40.3 Å². The number of carbonyl (C=O) groups excluding carboxylic acids is 2. The number of nitrogens with zero attached hydrogens (tertiary/aromatic N) is 3. The van der Waals surface area contributed by atoms with Gasteiger partial charge in [-0.1, -0.05) is 34.6 Å². The molecule has 1 saturated heterocycles. The second kappa shape index (κ2) is 10.3. The highest BCUT2D eigenvalue weighted by Gasteiger charge is 2.48. The quantitative estimate of drug-likeness (QED) is 0.294. The molecule has 1 heterocycles. The summed E-state index contributed by atoms with van der Waals surface area (Å²) in [6.07, 6.45) is -2.44. The first-order valence-corrected chi connectivity index (χ1v) is 9.50. The highest BCUT2D eigenvalue weighted by Crippen LogP contribution is 2.37. The summed E-state index contributed by atoms with van der Waals surface area (Å²) < 4.78 is 22.0. The van der Waals surface area contributed by atoms with E-state index < -0.39 is 41.7 Å². The third-order valence-electron chi connectivity index (χ3n) is 4.10. The Hall–Kier alpha value is -2.26. The molecule has 0 unspecified atom stereocenters. The number of rotatable bonds is 7. The second-order valence-electron chi connectivity index (χ2n) is 6.25. The molecule has 0 amide bonds. The van der Waals surface area contributed by atoms with Crippen LogP contribution in [0.1, 0.15) is 19.4 Å². The van der Waals surface area contributed by atoms with Gasteiger partial charge in [0.15, 0.2) is 0 Å². The fraction of sp³-hybridized carbons (Fsp3) is 0.556. The Labute approximate surface area is 167 Å². The van der Waals surface area contributed by atoms with Crippen LogP contribution in [-0.4, -0.2) is 55.4 Å².